The number of pyridine rings is 1. The minimum absolute atomic E-state index is 0.101. The molecule has 0 saturated carbocycles. The first-order valence-electron chi connectivity index (χ1n) is 7.37. The van der Waals surface area contributed by atoms with Gasteiger partial charge in [-0.3, -0.25) is 9.72 Å². The van der Waals surface area contributed by atoms with Crippen molar-refractivity contribution in [3.63, 3.8) is 0 Å². The molecule has 2 N–H and O–H groups in total. The number of hydrogen-bond acceptors (Lipinski definition) is 8. The van der Waals surface area contributed by atoms with Gasteiger partial charge in [0.15, 0.2) is 10.2 Å². The maximum Gasteiger partial charge on any atom is 0.335 e. The summed E-state index contributed by atoms with van der Waals surface area (Å²) >= 11 is 11.8. The summed E-state index contributed by atoms with van der Waals surface area (Å²) in [6, 6.07) is 3.23. The summed E-state index contributed by atoms with van der Waals surface area (Å²) in [4.78, 5) is 23.8. The second kappa shape index (κ2) is 7.66. The predicted octanol–water partition coefficient (Wildman–Crippen LogP) is 1.96. The summed E-state index contributed by atoms with van der Waals surface area (Å²) in [5.41, 5.74) is 0.232. The van der Waals surface area contributed by atoms with Crippen molar-refractivity contribution in [2.24, 2.45) is 0 Å². The molecule has 0 aliphatic carbocycles. The van der Waals surface area contributed by atoms with E-state index in [1.54, 1.807) is 4.72 Å². The third kappa shape index (κ3) is 4.03. The fraction of sp³-hybridized carbons (Fsp3) is 0.143. The minimum atomic E-state index is -4.41. The Kier molecular flexibility index (Phi) is 5.45. The lowest BCUT2D eigenvalue weighted by atomic mass is 10.5. The fourth-order valence-corrected chi connectivity index (χ4v) is 3.88. The van der Waals surface area contributed by atoms with Gasteiger partial charge in [0, 0.05) is 6.20 Å². The van der Waals surface area contributed by atoms with Gasteiger partial charge >= 0.3 is 6.03 Å². The summed E-state index contributed by atoms with van der Waals surface area (Å²) in [6.07, 6.45) is 1.30. The average molecular weight is 447 g/mol. The van der Waals surface area contributed by atoms with Gasteiger partial charge in [-0.2, -0.15) is 18.4 Å². The molecule has 11 nitrogen and oxygen atoms in total. The van der Waals surface area contributed by atoms with Crippen LogP contribution in [0.3, 0.4) is 0 Å². The van der Waals surface area contributed by atoms with Crippen LogP contribution in [-0.4, -0.2) is 48.0 Å². The van der Waals surface area contributed by atoms with Crippen LogP contribution in [0.4, 0.5) is 10.7 Å². The topological polar surface area (TPSA) is 137 Å². The van der Waals surface area contributed by atoms with Crippen LogP contribution in [0.2, 0.25) is 10.2 Å². The zero-order chi connectivity index (χ0) is 20.5. The summed E-state index contributed by atoms with van der Waals surface area (Å²) in [5.74, 6) is -0.0369. The van der Waals surface area contributed by atoms with E-state index in [0.29, 0.717) is 0 Å². The molecule has 0 fully saturated rings. The van der Waals surface area contributed by atoms with E-state index in [-0.39, 0.29) is 33.5 Å². The number of halogens is 2. The van der Waals surface area contributed by atoms with Crippen LogP contribution in [0, 0.1) is 0 Å². The van der Waals surface area contributed by atoms with E-state index in [0.717, 1.165) is 4.40 Å². The SMILES string of the molecule is COc1cc(OC)nc(NC(=O)NS(=O)(=O)c2c(Cl)nc3ccc(Cl)cn23)n1. The molecule has 28 heavy (non-hydrogen) atoms. The fourth-order valence-electron chi connectivity index (χ4n) is 2.18. The predicted molar refractivity (Wildman–Crippen MR) is 99.7 cm³/mol. The number of methoxy groups -OCH3 is 2. The van der Waals surface area contributed by atoms with Gasteiger partial charge in [-0.05, 0) is 12.1 Å². The number of carbonyl (C=O) groups is 1. The molecule has 0 unspecified atom stereocenters. The number of anilines is 1. The molecule has 0 atom stereocenters. The highest BCUT2D eigenvalue weighted by atomic mass is 35.5. The van der Waals surface area contributed by atoms with E-state index in [1.807, 2.05) is 0 Å². The van der Waals surface area contributed by atoms with E-state index >= 15 is 0 Å². The third-order valence-corrected chi connectivity index (χ3v) is 5.26. The highest BCUT2D eigenvalue weighted by Crippen LogP contribution is 2.24. The molecule has 0 aliphatic heterocycles. The van der Waals surface area contributed by atoms with E-state index < -0.39 is 21.1 Å². The molecular formula is C14H12Cl2N6O5S. The zero-order valence-corrected chi connectivity index (χ0v) is 16.6. The number of nitrogens with zero attached hydrogens (tertiary/aromatic N) is 4. The third-order valence-electron chi connectivity index (χ3n) is 3.30. The smallest absolute Gasteiger partial charge is 0.335 e. The van der Waals surface area contributed by atoms with Crippen molar-refractivity contribution in [3.8, 4) is 11.8 Å². The lowest BCUT2D eigenvalue weighted by Gasteiger charge is -2.09. The standard InChI is InChI=1S/C14H12Cl2N6O5S/c1-26-9-5-10(27-2)19-13(18-9)20-14(23)21-28(24,25)12-11(16)17-8-4-3-7(15)6-22(8)12/h3-6H,1-2H3,(H2,18,19,20,21,23). The van der Waals surface area contributed by atoms with Crippen LogP contribution >= 0.6 is 23.2 Å². The summed E-state index contributed by atoms with van der Waals surface area (Å²) in [7, 11) is -1.70. The molecule has 0 saturated heterocycles. The number of imidazole rings is 1. The molecule has 0 bridgehead atoms. The van der Waals surface area contributed by atoms with Crippen LogP contribution in [0.5, 0.6) is 11.8 Å². The van der Waals surface area contributed by atoms with Gasteiger partial charge in [-0.25, -0.2) is 14.5 Å². The van der Waals surface area contributed by atoms with E-state index in [9.17, 15) is 13.2 Å². The number of sulfonamides is 1. The molecule has 3 aromatic heterocycles. The molecule has 3 heterocycles. The van der Waals surface area contributed by atoms with Gasteiger partial charge in [-0.1, -0.05) is 23.2 Å². The van der Waals surface area contributed by atoms with Gasteiger partial charge in [0.2, 0.25) is 17.7 Å². The molecule has 0 radical (unpaired) electrons. The molecule has 0 spiro atoms. The van der Waals surface area contributed by atoms with Crippen LogP contribution in [0.25, 0.3) is 5.65 Å². The van der Waals surface area contributed by atoms with Gasteiger partial charge in [-0.15, -0.1) is 0 Å². The Bertz CT molecular complexity index is 1140. The van der Waals surface area contributed by atoms with Crippen LogP contribution < -0.4 is 19.5 Å². The van der Waals surface area contributed by atoms with E-state index in [2.05, 4.69) is 20.3 Å². The molecule has 0 aromatic carbocycles. The molecule has 148 valence electrons. The normalized spacial score (nSPS) is 11.3. The number of amides is 2. The van der Waals surface area contributed by atoms with Crippen molar-refractivity contribution < 1.29 is 22.7 Å². The average Bonchev–Trinajstić information content (AvgIpc) is 2.96. The van der Waals surface area contributed by atoms with Crippen molar-refractivity contribution in [2.75, 3.05) is 19.5 Å². The van der Waals surface area contributed by atoms with Crippen molar-refractivity contribution in [1.29, 1.82) is 0 Å². The van der Waals surface area contributed by atoms with Crippen LogP contribution in [0.1, 0.15) is 0 Å². The number of aromatic nitrogens is 4. The summed E-state index contributed by atoms with van der Waals surface area (Å²) in [5, 5.41) is 1.64. The number of hydrogen-bond donors (Lipinski definition) is 2. The first-order valence-corrected chi connectivity index (χ1v) is 9.61. The number of rotatable bonds is 5. The molecule has 3 rings (SSSR count). The number of urea groups is 1. The van der Waals surface area contributed by atoms with Crippen LogP contribution in [-0.2, 0) is 10.0 Å². The lowest BCUT2D eigenvalue weighted by Crippen LogP contribution is -2.35. The summed E-state index contributed by atoms with van der Waals surface area (Å²) < 4.78 is 38.1. The van der Waals surface area contributed by atoms with Crippen molar-refractivity contribution >= 4 is 50.9 Å². The largest absolute Gasteiger partial charge is 0.481 e. The Morgan fingerprint density at radius 2 is 1.75 bits per heavy atom. The molecule has 0 aliphatic rings. The first kappa shape index (κ1) is 19.9. The Morgan fingerprint density at radius 1 is 1.11 bits per heavy atom. The lowest BCUT2D eigenvalue weighted by molar-refractivity contribution is 0.256. The Morgan fingerprint density at radius 3 is 2.36 bits per heavy atom. The Hall–Kier alpha value is -2.83. The van der Waals surface area contributed by atoms with Crippen molar-refractivity contribution in [3.05, 3.63) is 34.6 Å². The van der Waals surface area contributed by atoms with Crippen molar-refractivity contribution in [2.45, 2.75) is 5.03 Å². The second-order valence-corrected chi connectivity index (χ2v) is 7.51. The Balaban J connectivity index is 1.88. The highest BCUT2D eigenvalue weighted by molar-refractivity contribution is 7.90. The maximum atomic E-state index is 12.6. The van der Waals surface area contributed by atoms with E-state index in [1.165, 1.54) is 38.6 Å². The van der Waals surface area contributed by atoms with Crippen LogP contribution in [0.15, 0.2) is 29.4 Å². The second-order valence-electron chi connectivity index (χ2n) is 5.12. The molecule has 14 heteroatoms. The first-order chi connectivity index (χ1) is 13.2. The molecule has 2 amide bonds. The maximum absolute atomic E-state index is 12.6. The number of ether oxygens (including phenoxy) is 2. The molecule has 3 aromatic rings. The van der Waals surface area contributed by atoms with Gasteiger partial charge < -0.3 is 9.47 Å². The number of fused-ring (bicyclic) bond motifs is 1. The van der Waals surface area contributed by atoms with Gasteiger partial charge in [0.25, 0.3) is 10.0 Å². The zero-order valence-electron chi connectivity index (χ0n) is 14.3. The highest BCUT2D eigenvalue weighted by Gasteiger charge is 2.27. The minimum Gasteiger partial charge on any atom is -0.481 e. The number of carbonyl (C=O) groups excluding carboxylic acids is 1. The van der Waals surface area contributed by atoms with Gasteiger partial charge in [0.1, 0.15) is 5.65 Å². The van der Waals surface area contributed by atoms with Gasteiger partial charge in [0.05, 0.1) is 25.3 Å². The van der Waals surface area contributed by atoms with E-state index in [4.69, 9.17) is 32.7 Å². The molecular weight excluding hydrogens is 435 g/mol. The Labute approximate surface area is 168 Å². The van der Waals surface area contributed by atoms with Crippen molar-refractivity contribution in [1.82, 2.24) is 24.1 Å². The quantitative estimate of drug-likeness (QED) is 0.606. The monoisotopic (exact) mass is 446 g/mol. The number of nitrogens with one attached hydrogen (secondary N) is 2. The summed E-state index contributed by atoms with van der Waals surface area (Å²) in [6.45, 7) is 0.